The maximum Gasteiger partial charge on any atom is 0.255 e. The molecule has 58 valence electrons. The van der Waals surface area contributed by atoms with E-state index in [2.05, 4.69) is 0 Å². The molecule has 1 rings (SSSR count). The number of alkyl halides is 1. The van der Waals surface area contributed by atoms with Gasteiger partial charge in [0, 0.05) is 19.6 Å². The fraction of sp³-hybridized carbons (Fsp3) is 0.833. The summed E-state index contributed by atoms with van der Waals surface area (Å²) in [5.74, 6) is 0. The Hall–Kier alpha value is -0.150. The molecule has 0 spiro atoms. The molecule has 10 heavy (non-hydrogen) atoms. The monoisotopic (exact) mass is 165 g/mol. The first-order valence-corrected chi connectivity index (χ1v) is 3.63. The van der Waals surface area contributed by atoms with E-state index in [-0.39, 0.29) is 6.42 Å². The zero-order valence-electron chi connectivity index (χ0n) is 5.52. The lowest BCUT2D eigenvalue weighted by Gasteiger charge is -2.01. The van der Waals surface area contributed by atoms with Gasteiger partial charge in [0.15, 0.2) is 6.17 Å². The third kappa shape index (κ3) is 2.62. The minimum atomic E-state index is -1.47. The van der Waals surface area contributed by atoms with E-state index in [4.69, 9.17) is 11.6 Å². The SMILES string of the molecule is O=C(Cl)[C@@H](F)CCN1CC1. The molecule has 0 bridgehead atoms. The van der Waals surface area contributed by atoms with Gasteiger partial charge in [-0.2, -0.15) is 0 Å². The molecule has 0 aromatic heterocycles. The molecule has 0 unspecified atom stereocenters. The molecule has 1 fully saturated rings. The highest BCUT2D eigenvalue weighted by atomic mass is 35.5. The van der Waals surface area contributed by atoms with Crippen molar-refractivity contribution in [2.75, 3.05) is 19.6 Å². The molecule has 1 heterocycles. The minimum absolute atomic E-state index is 0.238. The number of halogens is 2. The van der Waals surface area contributed by atoms with Crippen LogP contribution in [-0.4, -0.2) is 35.9 Å². The summed E-state index contributed by atoms with van der Waals surface area (Å²) in [6.45, 7) is 2.71. The van der Waals surface area contributed by atoms with E-state index in [1.807, 2.05) is 4.90 Å². The zero-order chi connectivity index (χ0) is 7.56. The molecular weight excluding hydrogens is 157 g/mol. The number of rotatable bonds is 4. The summed E-state index contributed by atoms with van der Waals surface area (Å²) in [7, 11) is 0. The summed E-state index contributed by atoms with van der Waals surface area (Å²) in [5.41, 5.74) is 0. The molecule has 1 atom stereocenters. The Morgan fingerprint density at radius 3 is 2.70 bits per heavy atom. The van der Waals surface area contributed by atoms with Crippen molar-refractivity contribution in [1.29, 1.82) is 0 Å². The second kappa shape index (κ2) is 3.30. The summed E-state index contributed by atoms with van der Waals surface area (Å²) >= 11 is 4.90. The molecule has 0 aromatic carbocycles. The summed E-state index contributed by atoms with van der Waals surface area (Å²) in [4.78, 5) is 12.2. The molecule has 0 aliphatic carbocycles. The van der Waals surface area contributed by atoms with E-state index < -0.39 is 11.4 Å². The lowest BCUT2D eigenvalue weighted by atomic mass is 10.3. The van der Waals surface area contributed by atoms with Gasteiger partial charge in [0.1, 0.15) is 0 Å². The summed E-state index contributed by atoms with van der Waals surface area (Å²) in [6, 6.07) is 0. The average Bonchev–Trinajstić information content (AvgIpc) is 2.64. The highest BCUT2D eigenvalue weighted by molar-refractivity contribution is 6.64. The molecule has 2 nitrogen and oxygen atoms in total. The average molecular weight is 166 g/mol. The van der Waals surface area contributed by atoms with Crippen molar-refractivity contribution in [1.82, 2.24) is 4.90 Å². The summed E-state index contributed by atoms with van der Waals surface area (Å²) in [6.07, 6.45) is -1.23. The van der Waals surface area contributed by atoms with Crippen molar-refractivity contribution < 1.29 is 9.18 Å². The standard InChI is InChI=1S/C6H9ClFNO/c7-6(10)5(8)1-2-9-3-4-9/h5H,1-4H2/t5-/m0/s1. The van der Waals surface area contributed by atoms with Crippen LogP contribution in [0.4, 0.5) is 4.39 Å². The van der Waals surface area contributed by atoms with Crippen LogP contribution in [0.2, 0.25) is 0 Å². The third-order valence-corrected chi connectivity index (χ3v) is 1.72. The van der Waals surface area contributed by atoms with Crippen LogP contribution in [-0.2, 0) is 4.79 Å². The van der Waals surface area contributed by atoms with Crippen LogP contribution in [0.1, 0.15) is 6.42 Å². The van der Waals surface area contributed by atoms with Gasteiger partial charge in [-0.1, -0.05) is 0 Å². The summed E-state index contributed by atoms with van der Waals surface area (Å²) < 4.78 is 12.4. The molecule has 0 saturated carbocycles. The first-order valence-electron chi connectivity index (χ1n) is 3.26. The maximum atomic E-state index is 12.4. The Bertz CT molecular complexity index is 138. The van der Waals surface area contributed by atoms with Gasteiger partial charge in [-0.15, -0.1) is 0 Å². The van der Waals surface area contributed by atoms with E-state index in [0.29, 0.717) is 6.54 Å². The summed E-state index contributed by atoms with van der Waals surface area (Å²) in [5, 5.41) is -0.873. The van der Waals surface area contributed by atoms with Crippen LogP contribution >= 0.6 is 11.6 Å². The molecule has 1 aliphatic rings. The lowest BCUT2D eigenvalue weighted by molar-refractivity contribution is -0.116. The van der Waals surface area contributed by atoms with E-state index in [1.165, 1.54) is 0 Å². The minimum Gasteiger partial charge on any atom is -0.301 e. The van der Waals surface area contributed by atoms with Crippen LogP contribution in [0.25, 0.3) is 0 Å². The Kier molecular flexibility index (Phi) is 2.63. The van der Waals surface area contributed by atoms with Crippen molar-refractivity contribution in [3.63, 3.8) is 0 Å². The Labute approximate surface area is 63.9 Å². The van der Waals surface area contributed by atoms with Gasteiger partial charge in [0.05, 0.1) is 0 Å². The van der Waals surface area contributed by atoms with Crippen molar-refractivity contribution in [3.8, 4) is 0 Å². The number of nitrogens with zero attached hydrogens (tertiary/aromatic N) is 1. The number of carbonyl (C=O) groups is 1. The molecule has 0 aromatic rings. The van der Waals surface area contributed by atoms with E-state index in [0.717, 1.165) is 13.1 Å². The number of carbonyl (C=O) groups excluding carboxylic acids is 1. The van der Waals surface area contributed by atoms with Crippen molar-refractivity contribution in [3.05, 3.63) is 0 Å². The first kappa shape index (κ1) is 7.95. The van der Waals surface area contributed by atoms with E-state index in [1.54, 1.807) is 0 Å². The molecule has 1 aliphatic heterocycles. The van der Waals surface area contributed by atoms with Crippen molar-refractivity contribution >= 4 is 16.8 Å². The van der Waals surface area contributed by atoms with Gasteiger partial charge in [-0.05, 0) is 18.0 Å². The molecule has 1 saturated heterocycles. The van der Waals surface area contributed by atoms with Gasteiger partial charge >= 0.3 is 0 Å². The van der Waals surface area contributed by atoms with Crippen molar-refractivity contribution in [2.45, 2.75) is 12.6 Å². The quantitative estimate of drug-likeness (QED) is 0.454. The highest BCUT2D eigenvalue weighted by Gasteiger charge is 2.21. The fourth-order valence-electron chi connectivity index (χ4n) is 0.704. The number of hydrogen-bond acceptors (Lipinski definition) is 2. The van der Waals surface area contributed by atoms with Gasteiger partial charge < -0.3 is 4.90 Å². The second-order valence-corrected chi connectivity index (χ2v) is 2.77. The van der Waals surface area contributed by atoms with Crippen LogP contribution in [0.5, 0.6) is 0 Å². The second-order valence-electron chi connectivity index (χ2n) is 2.40. The van der Waals surface area contributed by atoms with Crippen LogP contribution in [0.15, 0.2) is 0 Å². The van der Waals surface area contributed by atoms with Crippen LogP contribution < -0.4 is 0 Å². The molecule has 4 heteroatoms. The lowest BCUT2D eigenvalue weighted by Crippen LogP contribution is -2.14. The van der Waals surface area contributed by atoms with E-state index in [9.17, 15) is 9.18 Å². The smallest absolute Gasteiger partial charge is 0.255 e. The highest BCUT2D eigenvalue weighted by Crippen LogP contribution is 2.09. The van der Waals surface area contributed by atoms with Gasteiger partial charge in [-0.25, -0.2) is 4.39 Å². The van der Waals surface area contributed by atoms with Crippen LogP contribution in [0.3, 0.4) is 0 Å². The zero-order valence-corrected chi connectivity index (χ0v) is 6.27. The predicted molar refractivity (Wildman–Crippen MR) is 36.8 cm³/mol. The first-order chi connectivity index (χ1) is 4.70. The Morgan fingerprint density at radius 2 is 2.30 bits per heavy atom. The molecule has 0 amide bonds. The predicted octanol–water partition coefficient (Wildman–Crippen LogP) is 0.796. The normalized spacial score (nSPS) is 20.6. The molecule has 0 N–H and O–H groups in total. The maximum absolute atomic E-state index is 12.4. The third-order valence-electron chi connectivity index (χ3n) is 1.48. The molecular formula is C6H9ClFNO. The Balaban J connectivity index is 2.05. The van der Waals surface area contributed by atoms with Crippen LogP contribution in [0, 0.1) is 0 Å². The molecule has 0 radical (unpaired) electrons. The van der Waals surface area contributed by atoms with Gasteiger partial charge in [0.2, 0.25) is 0 Å². The Morgan fingerprint density at radius 1 is 1.70 bits per heavy atom. The van der Waals surface area contributed by atoms with E-state index >= 15 is 0 Å². The topological polar surface area (TPSA) is 20.1 Å². The van der Waals surface area contributed by atoms with Gasteiger partial charge in [0.25, 0.3) is 5.24 Å². The fourth-order valence-corrected chi connectivity index (χ4v) is 0.813. The number of hydrogen-bond donors (Lipinski definition) is 0. The largest absolute Gasteiger partial charge is 0.301 e. The van der Waals surface area contributed by atoms with Gasteiger partial charge in [-0.3, -0.25) is 4.79 Å². The van der Waals surface area contributed by atoms with Crippen molar-refractivity contribution in [2.24, 2.45) is 0 Å².